The van der Waals surface area contributed by atoms with Gasteiger partial charge in [0.2, 0.25) is 10.1 Å². The van der Waals surface area contributed by atoms with Gasteiger partial charge in [-0.25, -0.2) is 16.8 Å². The number of hydrogen-bond acceptors (Lipinski definition) is 4. The summed E-state index contributed by atoms with van der Waals surface area (Å²) < 4.78 is 59.8. The van der Waals surface area contributed by atoms with Gasteiger partial charge < -0.3 is 21.6 Å². The minimum Gasteiger partial charge on any atom is -0.670 e. The molecular weight excluding hydrogens is 420 g/mol. The second-order valence-electron chi connectivity index (χ2n) is 5.20. The molecule has 1 saturated heterocycles. The zero-order valence-corrected chi connectivity index (χ0v) is 16.6. The molecular formula is C12H26FeN2O8S2+2. The summed E-state index contributed by atoms with van der Waals surface area (Å²) in [5.74, 6) is -0.0428. The molecule has 2 rings (SSSR count). The van der Waals surface area contributed by atoms with Crippen LogP contribution in [0.25, 0.3) is 10.6 Å². The largest absolute Gasteiger partial charge is 2.00 e. The van der Waals surface area contributed by atoms with E-state index < -0.39 is 31.0 Å². The van der Waals surface area contributed by atoms with E-state index in [1.165, 1.54) is 6.20 Å². The minimum atomic E-state index is -4.06. The van der Waals surface area contributed by atoms with Crippen molar-refractivity contribution in [3.63, 3.8) is 0 Å². The Labute approximate surface area is 158 Å². The van der Waals surface area contributed by atoms with Crippen LogP contribution in [0.4, 0.5) is 0 Å². The molecule has 8 N–H and O–H groups in total. The molecule has 0 aromatic heterocycles. The Balaban J connectivity index is -0.000000346. The predicted molar refractivity (Wildman–Crippen MR) is 93.3 cm³/mol. The van der Waals surface area contributed by atoms with Crippen molar-refractivity contribution in [1.82, 2.24) is 0 Å². The first-order chi connectivity index (χ1) is 10.0. The van der Waals surface area contributed by atoms with Gasteiger partial charge in [-0.3, -0.25) is 9.11 Å². The molecule has 0 bridgehead atoms. The summed E-state index contributed by atoms with van der Waals surface area (Å²) in [7, 11) is -8.00. The maximum Gasteiger partial charge on any atom is 2.00 e. The fourth-order valence-corrected chi connectivity index (χ4v) is 3.97. The van der Waals surface area contributed by atoms with Crippen LogP contribution in [0.2, 0.25) is 0 Å². The van der Waals surface area contributed by atoms with Gasteiger partial charge >= 0.3 is 17.1 Å². The van der Waals surface area contributed by atoms with E-state index in [4.69, 9.17) is 9.11 Å². The number of piperidine rings is 1. The first-order valence-corrected chi connectivity index (χ1v) is 9.66. The summed E-state index contributed by atoms with van der Waals surface area (Å²) in [6.07, 6.45) is 6.33. The zero-order valence-electron chi connectivity index (χ0n) is 13.8. The van der Waals surface area contributed by atoms with Gasteiger partial charge in [0.05, 0.1) is 0 Å². The Morgan fingerprint density at radius 1 is 1.12 bits per heavy atom. The van der Waals surface area contributed by atoms with Gasteiger partial charge in [0, 0.05) is 5.37 Å². The number of rotatable bonds is 2. The first kappa shape index (κ1) is 29.3. The van der Waals surface area contributed by atoms with Crippen molar-refractivity contribution in [2.24, 2.45) is 5.92 Å². The van der Waals surface area contributed by atoms with Crippen LogP contribution in [0.15, 0.2) is 23.9 Å². The van der Waals surface area contributed by atoms with E-state index in [2.05, 4.69) is 10.6 Å². The Morgan fingerprint density at radius 3 is 2.00 bits per heavy atom. The molecule has 2 heterocycles. The summed E-state index contributed by atoms with van der Waals surface area (Å²) >= 11 is 0. The van der Waals surface area contributed by atoms with Crippen LogP contribution >= 0.6 is 0 Å². The fourth-order valence-electron chi connectivity index (χ4n) is 2.18. The van der Waals surface area contributed by atoms with Gasteiger partial charge in [0.1, 0.15) is 0 Å². The quantitative estimate of drug-likeness (QED) is 0.344. The number of allylic oxidation sites excluding steroid dienone is 2. The molecule has 0 aliphatic carbocycles. The fraction of sp³-hybridized carbons (Fsp3) is 0.667. The SMILES string of the molecule is CC1=CC=C[N-]C1S(=O)(=O)O.CC1CCC[N-]C1S(=O)(=O)O.[Fe+2].[OH3+].[OH3+]. The van der Waals surface area contributed by atoms with E-state index in [9.17, 15) is 16.8 Å². The van der Waals surface area contributed by atoms with E-state index in [1.807, 2.05) is 0 Å². The van der Waals surface area contributed by atoms with Crippen molar-refractivity contribution in [3.05, 3.63) is 34.6 Å². The van der Waals surface area contributed by atoms with Crippen molar-refractivity contribution in [1.29, 1.82) is 0 Å². The molecule has 25 heavy (non-hydrogen) atoms. The standard InChI is InChI=1S/C6H12NO3S.C6H8NO3S.Fe.2H2O/c2*1-5-3-2-4-7-6(5)11(8,9)10;;;/h5-6H,2-4H2,1H3,(H,8,9,10);2-4,6H,1H3,(H,8,9,10);;2*1H2/q2*-1;+2;;/p+2. The molecule has 0 amide bonds. The van der Waals surface area contributed by atoms with Gasteiger partial charge in [-0.05, 0) is 18.2 Å². The first-order valence-electron chi connectivity index (χ1n) is 6.66. The molecule has 3 atom stereocenters. The minimum absolute atomic E-state index is 0. The van der Waals surface area contributed by atoms with Crippen molar-refractivity contribution in [2.75, 3.05) is 6.54 Å². The summed E-state index contributed by atoms with van der Waals surface area (Å²) in [6.45, 7) is 3.95. The average Bonchev–Trinajstić information content (AvgIpc) is 2.37. The molecule has 0 saturated carbocycles. The van der Waals surface area contributed by atoms with Gasteiger partial charge in [0.25, 0.3) is 10.1 Å². The van der Waals surface area contributed by atoms with Crippen LogP contribution in [0.5, 0.6) is 0 Å². The maximum atomic E-state index is 10.7. The van der Waals surface area contributed by atoms with Gasteiger partial charge in [-0.1, -0.05) is 37.5 Å². The number of nitrogens with zero attached hydrogens (tertiary/aromatic N) is 2. The summed E-state index contributed by atoms with van der Waals surface area (Å²) in [5.41, 5.74) is 0.523. The van der Waals surface area contributed by atoms with Crippen LogP contribution in [0, 0.1) is 5.92 Å². The molecule has 0 spiro atoms. The molecule has 10 nitrogen and oxygen atoms in total. The van der Waals surface area contributed by atoms with E-state index in [0.717, 1.165) is 12.8 Å². The van der Waals surface area contributed by atoms with Gasteiger partial charge in [0.15, 0.2) is 0 Å². The van der Waals surface area contributed by atoms with Crippen LogP contribution in [0.1, 0.15) is 26.7 Å². The van der Waals surface area contributed by atoms with Gasteiger partial charge in [-0.2, -0.15) is 6.20 Å². The number of hydrogen-bond donors (Lipinski definition) is 2. The third kappa shape index (κ3) is 9.68. The molecule has 0 radical (unpaired) electrons. The second kappa shape index (κ2) is 12.0. The van der Waals surface area contributed by atoms with Crippen molar-refractivity contribution in [2.45, 2.75) is 37.4 Å². The smallest absolute Gasteiger partial charge is 0.670 e. The predicted octanol–water partition coefficient (Wildman–Crippen LogP) is 0.205. The Morgan fingerprint density at radius 2 is 1.68 bits per heavy atom. The maximum absolute atomic E-state index is 10.7. The normalized spacial score (nSPS) is 25.4. The van der Waals surface area contributed by atoms with E-state index in [0.29, 0.717) is 12.1 Å². The third-order valence-electron chi connectivity index (χ3n) is 3.26. The Bertz CT molecular complexity index is 648. The van der Waals surface area contributed by atoms with E-state index in [-0.39, 0.29) is 33.9 Å². The molecule has 0 aromatic rings. The van der Waals surface area contributed by atoms with Crippen LogP contribution in [-0.4, -0.2) is 43.2 Å². The average molecular weight is 446 g/mol. The molecule has 2 aliphatic heterocycles. The van der Waals surface area contributed by atoms with E-state index in [1.54, 1.807) is 26.0 Å². The molecule has 150 valence electrons. The molecule has 1 fully saturated rings. The van der Waals surface area contributed by atoms with Crippen LogP contribution in [-0.2, 0) is 48.3 Å². The topological polar surface area (TPSA) is 203 Å². The molecule has 0 aromatic carbocycles. The van der Waals surface area contributed by atoms with Crippen molar-refractivity contribution in [3.8, 4) is 0 Å². The van der Waals surface area contributed by atoms with Crippen molar-refractivity contribution >= 4 is 20.2 Å². The second-order valence-corrected chi connectivity index (χ2v) is 8.19. The summed E-state index contributed by atoms with van der Waals surface area (Å²) in [4.78, 5) is 0. The third-order valence-corrected chi connectivity index (χ3v) is 5.54. The Hall–Kier alpha value is -0.501. The monoisotopic (exact) mass is 446 g/mol. The molecule has 3 unspecified atom stereocenters. The van der Waals surface area contributed by atoms with Crippen LogP contribution in [0.3, 0.4) is 0 Å². The molecule has 13 heteroatoms. The van der Waals surface area contributed by atoms with Crippen LogP contribution < -0.4 is 0 Å². The summed E-state index contributed by atoms with van der Waals surface area (Å²) in [5, 5.41) is 5.46. The van der Waals surface area contributed by atoms with E-state index >= 15 is 0 Å². The Kier molecular flexibility index (Phi) is 14.0. The van der Waals surface area contributed by atoms with Gasteiger partial charge in [-0.15, -0.1) is 6.54 Å². The molecule has 2 aliphatic rings. The zero-order chi connectivity index (χ0) is 17.0. The van der Waals surface area contributed by atoms with Crippen molar-refractivity contribution < 1.29 is 54.0 Å². The summed E-state index contributed by atoms with van der Waals surface area (Å²) in [6, 6.07) is 0.